The van der Waals surface area contributed by atoms with E-state index < -0.39 is 0 Å². The maximum absolute atomic E-state index is 2.59. The second-order valence-corrected chi connectivity index (χ2v) is 17.0. The van der Waals surface area contributed by atoms with Crippen LogP contribution in [0.1, 0.15) is 282 Å². The number of hydrogen-bond acceptors (Lipinski definition) is 0. The van der Waals surface area contributed by atoms with Crippen LogP contribution < -0.4 is 4.57 Å². The van der Waals surface area contributed by atoms with Crippen molar-refractivity contribution in [3.8, 4) is 0 Å². The molecular formula is C50H96N+. The highest BCUT2D eigenvalue weighted by molar-refractivity contribution is 5.15. The van der Waals surface area contributed by atoms with Crippen LogP contribution in [-0.4, -0.2) is 0 Å². The van der Waals surface area contributed by atoms with Gasteiger partial charge in [0.25, 0.3) is 0 Å². The van der Waals surface area contributed by atoms with E-state index in [2.05, 4.69) is 43.8 Å². The van der Waals surface area contributed by atoms with Crippen molar-refractivity contribution in [3.05, 3.63) is 29.6 Å². The number of aromatic nitrogens is 1. The van der Waals surface area contributed by atoms with Gasteiger partial charge in [-0.3, -0.25) is 0 Å². The molecule has 0 atom stereocenters. The quantitative estimate of drug-likeness (QED) is 0.0470. The minimum absolute atomic E-state index is 1.22. The Hall–Kier alpha value is -0.850. The second kappa shape index (κ2) is 40.3. The van der Waals surface area contributed by atoms with Crippen molar-refractivity contribution in [1.29, 1.82) is 0 Å². The van der Waals surface area contributed by atoms with Crippen molar-refractivity contribution < 1.29 is 4.57 Å². The third-order valence-corrected chi connectivity index (χ3v) is 11.7. The predicted octanol–water partition coefficient (Wildman–Crippen LogP) is 17.3. The molecule has 0 saturated carbocycles. The third-order valence-electron chi connectivity index (χ3n) is 11.7. The first-order valence-corrected chi connectivity index (χ1v) is 24.3. The van der Waals surface area contributed by atoms with Gasteiger partial charge in [-0.25, -0.2) is 4.57 Å². The summed E-state index contributed by atoms with van der Waals surface area (Å²) < 4.78 is 2.59. The summed E-state index contributed by atoms with van der Waals surface area (Å²) in [6.07, 6.45) is 63.8. The number of aryl methyl sites for hydroxylation is 3. The monoisotopic (exact) mass is 711 g/mol. The van der Waals surface area contributed by atoms with Gasteiger partial charge >= 0.3 is 0 Å². The van der Waals surface area contributed by atoms with E-state index in [0.717, 1.165) is 0 Å². The molecule has 0 fully saturated rings. The van der Waals surface area contributed by atoms with E-state index in [1.54, 1.807) is 11.1 Å². The van der Waals surface area contributed by atoms with Crippen LogP contribution in [0, 0.1) is 0 Å². The van der Waals surface area contributed by atoms with Gasteiger partial charge in [0, 0.05) is 17.5 Å². The van der Waals surface area contributed by atoms with Crippen molar-refractivity contribution in [1.82, 2.24) is 0 Å². The lowest BCUT2D eigenvalue weighted by atomic mass is 10.0. The topological polar surface area (TPSA) is 3.88 Å². The van der Waals surface area contributed by atoms with Crippen LogP contribution in [0.15, 0.2) is 18.5 Å². The molecule has 0 saturated heterocycles. The SMILES string of the molecule is CCCCCCCCCCCCCCCCC[n+]1cc(CCCCCCCCCCCCCC)cc(CCCCCCCCCCCCCC)c1. The lowest BCUT2D eigenvalue weighted by molar-refractivity contribution is -0.698. The van der Waals surface area contributed by atoms with Gasteiger partial charge in [0.1, 0.15) is 6.54 Å². The van der Waals surface area contributed by atoms with Crippen molar-refractivity contribution >= 4 is 0 Å². The molecule has 0 N–H and O–H groups in total. The Morgan fingerprint density at radius 2 is 0.490 bits per heavy atom. The van der Waals surface area contributed by atoms with Crippen molar-refractivity contribution in [3.63, 3.8) is 0 Å². The summed E-state index contributed by atoms with van der Waals surface area (Å²) in [5.74, 6) is 0. The number of nitrogens with zero attached hydrogens (tertiary/aromatic N) is 1. The number of pyridine rings is 1. The molecule has 1 aromatic rings. The normalized spacial score (nSPS) is 11.6. The fourth-order valence-electron chi connectivity index (χ4n) is 8.18. The lowest BCUT2D eigenvalue weighted by Crippen LogP contribution is -2.34. The van der Waals surface area contributed by atoms with E-state index in [1.165, 1.54) is 270 Å². The maximum Gasteiger partial charge on any atom is 0.171 e. The Bertz CT molecular complexity index is 752. The molecule has 0 bridgehead atoms. The molecule has 0 aliphatic heterocycles. The Morgan fingerprint density at radius 1 is 0.275 bits per heavy atom. The fraction of sp³-hybridized carbons (Fsp3) is 0.900. The first-order valence-electron chi connectivity index (χ1n) is 24.3. The van der Waals surface area contributed by atoms with E-state index in [1.807, 2.05) is 0 Å². The lowest BCUT2D eigenvalue weighted by Gasteiger charge is -2.08. The van der Waals surface area contributed by atoms with Crippen LogP contribution in [0.25, 0.3) is 0 Å². The van der Waals surface area contributed by atoms with Crippen molar-refractivity contribution in [2.45, 2.75) is 291 Å². The van der Waals surface area contributed by atoms with E-state index in [-0.39, 0.29) is 0 Å². The summed E-state index contributed by atoms with van der Waals surface area (Å²) in [6.45, 7) is 8.17. The highest BCUT2D eigenvalue weighted by Gasteiger charge is 2.09. The second-order valence-electron chi connectivity index (χ2n) is 17.0. The molecule has 0 aliphatic rings. The van der Waals surface area contributed by atoms with E-state index in [0.29, 0.717) is 0 Å². The van der Waals surface area contributed by atoms with Crippen LogP contribution in [0.3, 0.4) is 0 Å². The zero-order valence-corrected chi connectivity index (χ0v) is 35.9. The summed E-state index contributed by atoms with van der Waals surface area (Å²) in [5, 5.41) is 0. The van der Waals surface area contributed by atoms with E-state index in [4.69, 9.17) is 0 Å². The molecule has 0 radical (unpaired) electrons. The predicted molar refractivity (Wildman–Crippen MR) is 231 cm³/mol. The summed E-state index contributed by atoms with van der Waals surface area (Å²) in [5.41, 5.74) is 3.22. The zero-order valence-electron chi connectivity index (χ0n) is 35.9. The molecule has 1 rings (SSSR count). The molecule has 1 nitrogen and oxygen atoms in total. The van der Waals surface area contributed by atoms with Crippen molar-refractivity contribution in [2.24, 2.45) is 0 Å². The Morgan fingerprint density at radius 3 is 0.745 bits per heavy atom. The highest BCUT2D eigenvalue weighted by Crippen LogP contribution is 2.17. The minimum Gasteiger partial charge on any atom is -0.205 e. The summed E-state index contributed by atoms with van der Waals surface area (Å²) in [6, 6.07) is 2.58. The Kier molecular flexibility index (Phi) is 38.1. The number of hydrogen-bond donors (Lipinski definition) is 0. The van der Waals surface area contributed by atoms with Gasteiger partial charge in [0.15, 0.2) is 12.4 Å². The summed E-state index contributed by atoms with van der Waals surface area (Å²) in [7, 11) is 0. The van der Waals surface area contributed by atoms with Crippen LogP contribution in [-0.2, 0) is 19.4 Å². The Labute approximate surface area is 323 Å². The van der Waals surface area contributed by atoms with Gasteiger partial charge in [-0.2, -0.15) is 0 Å². The molecular weight excluding hydrogens is 615 g/mol. The van der Waals surface area contributed by atoms with Crippen LogP contribution in [0.4, 0.5) is 0 Å². The van der Waals surface area contributed by atoms with Gasteiger partial charge < -0.3 is 0 Å². The van der Waals surface area contributed by atoms with Crippen LogP contribution in [0.2, 0.25) is 0 Å². The first kappa shape index (κ1) is 48.2. The molecule has 0 aromatic carbocycles. The largest absolute Gasteiger partial charge is 0.205 e. The molecule has 0 spiro atoms. The molecule has 300 valence electrons. The van der Waals surface area contributed by atoms with Gasteiger partial charge in [-0.15, -0.1) is 0 Å². The molecule has 1 heterocycles. The smallest absolute Gasteiger partial charge is 0.171 e. The summed E-state index contributed by atoms with van der Waals surface area (Å²) in [4.78, 5) is 0. The van der Waals surface area contributed by atoms with E-state index >= 15 is 0 Å². The maximum atomic E-state index is 2.59. The highest BCUT2D eigenvalue weighted by atomic mass is 14.9. The Balaban J connectivity index is 2.29. The van der Waals surface area contributed by atoms with Crippen LogP contribution in [0.5, 0.6) is 0 Å². The van der Waals surface area contributed by atoms with Gasteiger partial charge in [-0.05, 0) is 38.2 Å². The summed E-state index contributed by atoms with van der Waals surface area (Å²) >= 11 is 0. The van der Waals surface area contributed by atoms with Gasteiger partial charge in [0.05, 0.1) is 0 Å². The van der Waals surface area contributed by atoms with Crippen molar-refractivity contribution in [2.75, 3.05) is 0 Å². The molecule has 0 amide bonds. The molecule has 0 aliphatic carbocycles. The van der Waals surface area contributed by atoms with E-state index in [9.17, 15) is 0 Å². The number of unbranched alkanes of at least 4 members (excludes halogenated alkanes) is 36. The zero-order chi connectivity index (χ0) is 36.6. The fourth-order valence-corrected chi connectivity index (χ4v) is 8.18. The average molecular weight is 711 g/mol. The van der Waals surface area contributed by atoms with Gasteiger partial charge in [0.2, 0.25) is 0 Å². The average Bonchev–Trinajstić information content (AvgIpc) is 3.14. The number of rotatable bonds is 42. The van der Waals surface area contributed by atoms with Gasteiger partial charge in [-0.1, -0.05) is 245 Å². The first-order chi connectivity index (χ1) is 25.3. The molecule has 1 aromatic heterocycles. The molecule has 0 unspecified atom stereocenters. The molecule has 1 heteroatoms. The van der Waals surface area contributed by atoms with Crippen LogP contribution >= 0.6 is 0 Å². The molecule has 51 heavy (non-hydrogen) atoms. The standard InChI is InChI=1S/C50H96N/c1-4-7-10-13-16-19-22-25-26-27-30-33-36-39-42-45-51-47-49(43-40-37-34-31-28-23-20-17-14-11-8-5-2)46-50(48-51)44-41-38-35-32-29-24-21-18-15-12-9-6-3/h46-48H,4-45H2,1-3H3/q+1. The minimum atomic E-state index is 1.22. The third kappa shape index (κ3) is 34.7.